The number of anilines is 1. The Morgan fingerprint density at radius 1 is 1.39 bits per heavy atom. The zero-order valence-electron chi connectivity index (χ0n) is 9.60. The van der Waals surface area contributed by atoms with E-state index in [4.69, 9.17) is 5.11 Å². The highest BCUT2D eigenvalue weighted by Gasteiger charge is 2.32. The lowest BCUT2D eigenvalue weighted by Gasteiger charge is -2.38. The maximum absolute atomic E-state index is 11.8. The highest BCUT2D eigenvalue weighted by molar-refractivity contribution is 9.10. The molecule has 2 N–H and O–H groups in total. The molecular formula is C12H13BrN2O3. The molecule has 0 saturated carbocycles. The van der Waals surface area contributed by atoms with Crippen molar-refractivity contribution in [2.75, 3.05) is 18.4 Å². The van der Waals surface area contributed by atoms with Gasteiger partial charge in [-0.2, -0.15) is 0 Å². The summed E-state index contributed by atoms with van der Waals surface area (Å²) in [5.41, 5.74) is 0.712. The Hall–Kier alpha value is -1.56. The average molecular weight is 313 g/mol. The molecule has 0 bridgehead atoms. The van der Waals surface area contributed by atoms with Gasteiger partial charge in [0.05, 0.1) is 12.1 Å². The molecule has 5 nitrogen and oxygen atoms in total. The minimum Gasteiger partial charge on any atom is -0.481 e. The molecule has 2 rings (SSSR count). The molecule has 1 aromatic rings. The Morgan fingerprint density at radius 2 is 2.06 bits per heavy atom. The van der Waals surface area contributed by atoms with Crippen LogP contribution in [0, 0.1) is 5.92 Å². The van der Waals surface area contributed by atoms with Gasteiger partial charge in [0, 0.05) is 23.5 Å². The van der Waals surface area contributed by atoms with E-state index in [1.54, 1.807) is 11.0 Å². The number of rotatable bonds is 3. The average Bonchev–Trinajstić information content (AvgIpc) is 2.25. The molecule has 1 aliphatic heterocycles. The monoisotopic (exact) mass is 312 g/mol. The first-order chi connectivity index (χ1) is 8.56. The Morgan fingerprint density at radius 3 is 2.67 bits per heavy atom. The highest BCUT2D eigenvalue weighted by Crippen LogP contribution is 2.24. The van der Waals surface area contributed by atoms with E-state index in [9.17, 15) is 9.59 Å². The summed E-state index contributed by atoms with van der Waals surface area (Å²) in [6.45, 7) is 1.01. The lowest BCUT2D eigenvalue weighted by molar-refractivity contribution is -0.139. The molecular weight excluding hydrogens is 300 g/mol. The van der Waals surface area contributed by atoms with Gasteiger partial charge in [-0.25, -0.2) is 4.79 Å². The van der Waals surface area contributed by atoms with Crippen LogP contribution in [0.25, 0.3) is 0 Å². The van der Waals surface area contributed by atoms with Gasteiger partial charge in [-0.1, -0.05) is 12.1 Å². The van der Waals surface area contributed by atoms with Gasteiger partial charge in [0.25, 0.3) is 0 Å². The fourth-order valence-electron chi connectivity index (χ4n) is 1.87. The number of benzene rings is 1. The van der Waals surface area contributed by atoms with Crippen LogP contribution in [0.1, 0.15) is 6.42 Å². The molecule has 1 aliphatic rings. The Kier molecular flexibility index (Phi) is 3.86. The van der Waals surface area contributed by atoms with Crippen molar-refractivity contribution in [3.05, 3.63) is 28.7 Å². The Labute approximate surface area is 113 Å². The van der Waals surface area contributed by atoms with Crippen molar-refractivity contribution in [3.8, 4) is 0 Å². The minimum absolute atomic E-state index is 0.0764. The fourth-order valence-corrected chi connectivity index (χ4v) is 2.25. The van der Waals surface area contributed by atoms with Crippen molar-refractivity contribution in [2.45, 2.75) is 6.42 Å². The van der Waals surface area contributed by atoms with Gasteiger partial charge in [-0.15, -0.1) is 0 Å². The van der Waals surface area contributed by atoms with Gasteiger partial charge in [0.15, 0.2) is 0 Å². The van der Waals surface area contributed by atoms with Crippen LogP contribution in [0.2, 0.25) is 0 Å². The lowest BCUT2D eigenvalue weighted by Crippen LogP contribution is -2.52. The second-order valence-corrected chi connectivity index (χ2v) is 5.13. The molecule has 2 amide bonds. The van der Waals surface area contributed by atoms with Crippen LogP contribution in [0.4, 0.5) is 10.5 Å². The van der Waals surface area contributed by atoms with Gasteiger partial charge in [0.2, 0.25) is 0 Å². The van der Waals surface area contributed by atoms with E-state index >= 15 is 0 Å². The van der Waals surface area contributed by atoms with Gasteiger partial charge >= 0.3 is 12.0 Å². The fraction of sp³-hybridized carbons (Fsp3) is 0.333. The van der Waals surface area contributed by atoms with Crippen LogP contribution in [0.15, 0.2) is 28.7 Å². The zero-order chi connectivity index (χ0) is 13.1. The van der Waals surface area contributed by atoms with E-state index < -0.39 is 5.97 Å². The number of para-hydroxylation sites is 1. The van der Waals surface area contributed by atoms with Crippen molar-refractivity contribution in [1.82, 2.24) is 4.90 Å². The summed E-state index contributed by atoms with van der Waals surface area (Å²) < 4.78 is 0.820. The predicted molar refractivity (Wildman–Crippen MR) is 70.5 cm³/mol. The largest absolute Gasteiger partial charge is 0.481 e. The van der Waals surface area contributed by atoms with E-state index in [1.165, 1.54) is 0 Å². The Balaban J connectivity index is 1.84. The maximum Gasteiger partial charge on any atom is 0.321 e. The number of hydrogen-bond acceptors (Lipinski definition) is 2. The third-order valence-electron chi connectivity index (χ3n) is 2.82. The quantitative estimate of drug-likeness (QED) is 0.900. The van der Waals surface area contributed by atoms with E-state index in [-0.39, 0.29) is 18.4 Å². The number of nitrogens with one attached hydrogen (secondary N) is 1. The molecule has 0 aromatic heterocycles. The number of amides is 2. The number of carboxylic acids is 1. The summed E-state index contributed by atoms with van der Waals surface area (Å²) >= 11 is 3.35. The summed E-state index contributed by atoms with van der Waals surface area (Å²) in [6.07, 6.45) is 0.124. The molecule has 1 fully saturated rings. The van der Waals surface area contributed by atoms with E-state index in [0.717, 1.165) is 4.47 Å². The number of likely N-dealkylation sites (tertiary alicyclic amines) is 1. The maximum atomic E-state index is 11.8. The van der Waals surface area contributed by atoms with Crippen LogP contribution < -0.4 is 5.32 Å². The smallest absolute Gasteiger partial charge is 0.321 e. The molecule has 0 unspecified atom stereocenters. The molecule has 96 valence electrons. The first-order valence-corrected chi connectivity index (χ1v) is 6.38. The van der Waals surface area contributed by atoms with Crippen molar-refractivity contribution in [3.63, 3.8) is 0 Å². The van der Waals surface area contributed by atoms with E-state index in [0.29, 0.717) is 18.8 Å². The normalized spacial score (nSPS) is 15.1. The number of urea groups is 1. The summed E-state index contributed by atoms with van der Waals surface area (Å²) in [4.78, 5) is 23.9. The van der Waals surface area contributed by atoms with E-state index in [1.807, 2.05) is 18.2 Å². The van der Waals surface area contributed by atoms with Gasteiger partial charge < -0.3 is 15.3 Å². The Bertz CT molecular complexity index is 472. The van der Waals surface area contributed by atoms with Crippen LogP contribution in [0.5, 0.6) is 0 Å². The van der Waals surface area contributed by atoms with Gasteiger partial charge in [-0.3, -0.25) is 4.79 Å². The first-order valence-electron chi connectivity index (χ1n) is 5.58. The van der Waals surface area contributed by atoms with E-state index in [2.05, 4.69) is 21.2 Å². The number of carboxylic acid groups (broad SMARTS) is 1. The van der Waals surface area contributed by atoms with Crippen LogP contribution in [-0.2, 0) is 4.79 Å². The van der Waals surface area contributed by atoms with Crippen molar-refractivity contribution in [2.24, 2.45) is 5.92 Å². The number of aliphatic carboxylic acids is 1. The predicted octanol–water partition coefficient (Wildman–Crippen LogP) is 2.39. The molecule has 0 aliphatic carbocycles. The number of halogens is 1. The highest BCUT2D eigenvalue weighted by atomic mass is 79.9. The molecule has 0 radical (unpaired) electrons. The number of nitrogens with zero attached hydrogens (tertiary/aromatic N) is 1. The van der Waals surface area contributed by atoms with Gasteiger partial charge in [-0.05, 0) is 28.1 Å². The second-order valence-electron chi connectivity index (χ2n) is 4.28. The SMILES string of the molecule is O=C(O)CC1CN(C(=O)Nc2ccccc2Br)C1. The summed E-state index contributed by atoms with van der Waals surface area (Å²) in [6, 6.07) is 7.16. The molecule has 6 heteroatoms. The van der Waals surface area contributed by atoms with Gasteiger partial charge in [0.1, 0.15) is 0 Å². The topological polar surface area (TPSA) is 69.6 Å². The van der Waals surface area contributed by atoms with Crippen LogP contribution >= 0.6 is 15.9 Å². The number of carbonyl (C=O) groups excluding carboxylic acids is 1. The number of hydrogen-bond donors (Lipinski definition) is 2. The van der Waals surface area contributed by atoms with Crippen molar-refractivity contribution >= 4 is 33.6 Å². The molecule has 18 heavy (non-hydrogen) atoms. The minimum atomic E-state index is -0.814. The molecule has 0 spiro atoms. The van der Waals surface area contributed by atoms with Crippen molar-refractivity contribution in [1.29, 1.82) is 0 Å². The molecule has 0 atom stereocenters. The first kappa shape index (κ1) is 12.9. The lowest BCUT2D eigenvalue weighted by atomic mass is 9.97. The van der Waals surface area contributed by atoms with Crippen molar-refractivity contribution < 1.29 is 14.7 Å². The molecule has 1 heterocycles. The van der Waals surface area contributed by atoms with Crippen LogP contribution in [-0.4, -0.2) is 35.1 Å². The number of carbonyl (C=O) groups is 2. The second kappa shape index (κ2) is 5.39. The molecule has 1 saturated heterocycles. The third kappa shape index (κ3) is 3.01. The summed E-state index contributed by atoms with van der Waals surface area (Å²) in [5.74, 6) is -0.738. The third-order valence-corrected chi connectivity index (χ3v) is 3.51. The standard InChI is InChI=1S/C12H13BrN2O3/c13-9-3-1-2-4-10(9)14-12(18)15-6-8(7-15)5-11(16)17/h1-4,8H,5-7H2,(H,14,18)(H,16,17). The summed E-state index contributed by atoms with van der Waals surface area (Å²) in [7, 11) is 0. The zero-order valence-corrected chi connectivity index (χ0v) is 11.2. The van der Waals surface area contributed by atoms with Crippen LogP contribution in [0.3, 0.4) is 0 Å². The summed E-state index contributed by atoms with van der Waals surface area (Å²) in [5, 5.41) is 11.4. The molecule has 1 aromatic carbocycles.